The first kappa shape index (κ1) is 33.1. The Kier molecular flexibility index (Phi) is 11.5. The number of rotatable bonds is 7. The zero-order valence-corrected chi connectivity index (χ0v) is 23.9. The molecule has 0 aromatic heterocycles. The van der Waals surface area contributed by atoms with Crippen LogP contribution in [0.5, 0.6) is 0 Å². The summed E-state index contributed by atoms with van der Waals surface area (Å²) >= 11 is 0. The summed E-state index contributed by atoms with van der Waals surface area (Å²) in [5.74, 6) is -1.26. The van der Waals surface area contributed by atoms with Crippen LogP contribution in [0.3, 0.4) is 0 Å². The Morgan fingerprint density at radius 3 is 2.10 bits per heavy atom. The van der Waals surface area contributed by atoms with E-state index in [1.807, 2.05) is 20.8 Å². The summed E-state index contributed by atoms with van der Waals surface area (Å²) in [6, 6.07) is 0. The van der Waals surface area contributed by atoms with Gasteiger partial charge in [-0.05, 0) is 80.6 Å². The molecule has 0 saturated heterocycles. The predicted octanol–water partition coefficient (Wildman–Crippen LogP) is 3.91. The lowest BCUT2D eigenvalue weighted by Gasteiger charge is -2.60. The molecule has 0 spiro atoms. The molecular formula is C30H48O9. The van der Waals surface area contributed by atoms with Crippen molar-refractivity contribution in [1.29, 1.82) is 0 Å². The van der Waals surface area contributed by atoms with Crippen LogP contribution in [0.4, 0.5) is 0 Å². The number of aliphatic hydroxyl groups is 3. The van der Waals surface area contributed by atoms with Gasteiger partial charge in [0.2, 0.25) is 0 Å². The molecule has 0 radical (unpaired) electrons. The Morgan fingerprint density at radius 2 is 1.62 bits per heavy atom. The molecule has 0 bridgehead atoms. The van der Waals surface area contributed by atoms with Gasteiger partial charge in [-0.1, -0.05) is 39.7 Å². The Labute approximate surface area is 231 Å². The quantitative estimate of drug-likeness (QED) is 0.314. The second kappa shape index (κ2) is 13.5. The zero-order valence-electron chi connectivity index (χ0n) is 23.9. The van der Waals surface area contributed by atoms with Gasteiger partial charge in [0.25, 0.3) is 0 Å². The van der Waals surface area contributed by atoms with Crippen molar-refractivity contribution in [2.45, 2.75) is 116 Å². The van der Waals surface area contributed by atoms with Gasteiger partial charge in [-0.2, -0.15) is 0 Å². The van der Waals surface area contributed by atoms with Gasteiger partial charge >= 0.3 is 11.9 Å². The topological polar surface area (TPSA) is 169 Å². The summed E-state index contributed by atoms with van der Waals surface area (Å²) in [7, 11) is 0. The second-order valence-electron chi connectivity index (χ2n) is 12.2. The number of carboxylic acids is 2. The molecule has 0 aromatic carbocycles. The number of hydrogen-bond donors (Lipinski definition) is 5. The molecule has 222 valence electrons. The van der Waals surface area contributed by atoms with E-state index in [2.05, 4.69) is 6.92 Å². The number of carboxylic acid groups (broad SMARTS) is 2. The predicted molar refractivity (Wildman–Crippen MR) is 145 cm³/mol. The first-order valence-electron chi connectivity index (χ1n) is 14.4. The molecule has 4 rings (SSSR count). The maximum absolute atomic E-state index is 12.4. The van der Waals surface area contributed by atoms with Crippen LogP contribution in [0.25, 0.3) is 0 Å². The zero-order chi connectivity index (χ0) is 29.6. The number of aliphatic hydroxyl groups excluding tert-OH is 2. The van der Waals surface area contributed by atoms with Crippen molar-refractivity contribution in [3.05, 3.63) is 11.6 Å². The van der Waals surface area contributed by atoms with E-state index in [0.29, 0.717) is 32.1 Å². The van der Waals surface area contributed by atoms with Crippen LogP contribution in [0.2, 0.25) is 0 Å². The van der Waals surface area contributed by atoms with Gasteiger partial charge in [0.1, 0.15) is 12.2 Å². The molecule has 3 saturated carbocycles. The minimum atomic E-state index is -1.54. The summed E-state index contributed by atoms with van der Waals surface area (Å²) in [5, 5.41) is 47.7. The highest BCUT2D eigenvalue weighted by Crippen LogP contribution is 2.67. The highest BCUT2D eigenvalue weighted by molar-refractivity contribution is 5.91. The number of ketones is 2. The third kappa shape index (κ3) is 6.80. The van der Waals surface area contributed by atoms with Gasteiger partial charge in [-0.25, -0.2) is 0 Å². The molecule has 0 unspecified atom stereocenters. The fourth-order valence-corrected chi connectivity index (χ4v) is 7.82. The number of carbonyl (C=O) groups is 4. The van der Waals surface area contributed by atoms with E-state index in [1.54, 1.807) is 6.08 Å². The van der Waals surface area contributed by atoms with Crippen molar-refractivity contribution in [2.75, 3.05) is 6.61 Å². The smallest absolute Gasteiger partial charge is 0.303 e. The summed E-state index contributed by atoms with van der Waals surface area (Å²) < 4.78 is 0. The summed E-state index contributed by atoms with van der Waals surface area (Å²) in [4.78, 5) is 43.6. The first-order chi connectivity index (χ1) is 18.2. The molecule has 4 aliphatic carbocycles. The Bertz CT molecular complexity index is 943. The molecule has 0 heterocycles. The average molecular weight is 553 g/mol. The van der Waals surface area contributed by atoms with E-state index < -0.39 is 41.4 Å². The minimum absolute atomic E-state index is 0.0697. The SMILES string of the molecule is CCCC(=O)O.CCCCC(=O)O.C[C@]12CCC(=O)C=C1CC[C@@H]1[C@@H]2[C@@H](O)C[C@@]2(C)[C@H]1CC[C@]2(O)C(=O)CO. The van der Waals surface area contributed by atoms with E-state index in [0.717, 1.165) is 44.9 Å². The fourth-order valence-electron chi connectivity index (χ4n) is 7.82. The average Bonchev–Trinajstić information content (AvgIpc) is 3.14. The van der Waals surface area contributed by atoms with Gasteiger partial charge in [0, 0.05) is 24.7 Å². The van der Waals surface area contributed by atoms with Crippen molar-refractivity contribution in [2.24, 2.45) is 28.6 Å². The third-order valence-corrected chi connectivity index (χ3v) is 9.86. The van der Waals surface area contributed by atoms with Gasteiger partial charge in [-0.15, -0.1) is 0 Å². The normalized spacial score (nSPS) is 36.5. The van der Waals surface area contributed by atoms with E-state index in [1.165, 1.54) is 5.57 Å². The standard InChI is InChI=1S/C21H30O5.C5H10O2.C4H8O2/c1-19-7-5-13(23)9-12(19)3-4-14-15-6-8-21(26,17(25)11-22)20(15,2)10-16(24)18(14)19;1-2-3-4-5(6)7;1-2-3-4(5)6/h9,14-16,18,22,24,26H,3-8,10-11H2,1-2H3;2-4H2,1H3,(H,6,7);2-3H2,1H3,(H,5,6)/t14-,15-,16-,18+,19-,20-,21-;;/m0../s1. The summed E-state index contributed by atoms with van der Waals surface area (Å²) in [6.07, 6.45) is 8.84. The van der Waals surface area contributed by atoms with Gasteiger partial charge in [0.15, 0.2) is 11.6 Å². The molecule has 7 atom stereocenters. The van der Waals surface area contributed by atoms with Crippen LogP contribution < -0.4 is 0 Å². The van der Waals surface area contributed by atoms with Crippen molar-refractivity contribution >= 4 is 23.5 Å². The van der Waals surface area contributed by atoms with Crippen molar-refractivity contribution in [3.63, 3.8) is 0 Å². The monoisotopic (exact) mass is 552 g/mol. The molecule has 5 N–H and O–H groups in total. The number of Topliss-reactive ketones (excluding diaryl/α,β-unsaturated/α-hetero) is 1. The highest BCUT2D eigenvalue weighted by Gasteiger charge is 2.68. The number of hydrogen-bond acceptors (Lipinski definition) is 7. The molecule has 0 aliphatic heterocycles. The molecule has 3 fully saturated rings. The Morgan fingerprint density at radius 1 is 0.974 bits per heavy atom. The number of allylic oxidation sites excluding steroid dienone is 1. The third-order valence-electron chi connectivity index (χ3n) is 9.86. The summed E-state index contributed by atoms with van der Waals surface area (Å²) in [5.41, 5.74) is -1.23. The maximum atomic E-state index is 12.4. The van der Waals surface area contributed by atoms with E-state index in [4.69, 9.17) is 10.2 Å². The second-order valence-corrected chi connectivity index (χ2v) is 12.2. The van der Waals surface area contributed by atoms with Crippen molar-refractivity contribution in [1.82, 2.24) is 0 Å². The molecular weight excluding hydrogens is 504 g/mol. The van der Waals surface area contributed by atoms with E-state index in [9.17, 15) is 34.5 Å². The summed E-state index contributed by atoms with van der Waals surface area (Å²) in [6.45, 7) is 7.27. The van der Waals surface area contributed by atoms with Crippen LogP contribution in [0.15, 0.2) is 11.6 Å². The first-order valence-corrected chi connectivity index (χ1v) is 14.4. The molecule has 0 aromatic rings. The van der Waals surface area contributed by atoms with Crippen LogP contribution in [0, 0.1) is 28.6 Å². The van der Waals surface area contributed by atoms with E-state index in [-0.39, 0.29) is 29.0 Å². The lowest BCUT2D eigenvalue weighted by molar-refractivity contribution is -0.182. The van der Waals surface area contributed by atoms with Crippen LogP contribution in [-0.4, -0.2) is 67.3 Å². The lowest BCUT2D eigenvalue weighted by atomic mass is 9.45. The largest absolute Gasteiger partial charge is 0.481 e. The van der Waals surface area contributed by atoms with Crippen molar-refractivity contribution < 1.29 is 44.7 Å². The van der Waals surface area contributed by atoms with Gasteiger partial charge in [0.05, 0.1) is 6.10 Å². The molecule has 4 aliphatic rings. The maximum Gasteiger partial charge on any atom is 0.303 e. The number of carbonyl (C=O) groups excluding carboxylic acids is 2. The van der Waals surface area contributed by atoms with Crippen LogP contribution in [0.1, 0.15) is 105 Å². The number of unbranched alkanes of at least 4 members (excludes halogenated alkanes) is 1. The lowest BCUT2D eigenvalue weighted by Crippen LogP contribution is -2.62. The molecule has 39 heavy (non-hydrogen) atoms. The fraction of sp³-hybridized carbons (Fsp3) is 0.800. The van der Waals surface area contributed by atoms with E-state index >= 15 is 0 Å². The molecule has 9 nitrogen and oxygen atoms in total. The number of aliphatic carboxylic acids is 2. The van der Waals surface area contributed by atoms with Crippen molar-refractivity contribution in [3.8, 4) is 0 Å². The molecule has 0 amide bonds. The Balaban J connectivity index is 0.000000343. The Hall–Kier alpha value is -2.10. The van der Waals surface area contributed by atoms with Gasteiger partial charge < -0.3 is 25.5 Å². The minimum Gasteiger partial charge on any atom is -0.481 e. The van der Waals surface area contributed by atoms with Crippen LogP contribution >= 0.6 is 0 Å². The number of fused-ring (bicyclic) bond motifs is 5. The van der Waals surface area contributed by atoms with Gasteiger partial charge in [-0.3, -0.25) is 19.2 Å². The van der Waals surface area contributed by atoms with Crippen LogP contribution in [-0.2, 0) is 19.2 Å². The highest BCUT2D eigenvalue weighted by atomic mass is 16.4. The molecule has 9 heteroatoms.